The summed E-state index contributed by atoms with van der Waals surface area (Å²) < 4.78 is 0. The Morgan fingerprint density at radius 3 is 2.44 bits per heavy atom. The Balaban J connectivity index is 1.30. The lowest BCUT2D eigenvalue weighted by atomic mass is 10.1. The van der Waals surface area contributed by atoms with Crippen LogP contribution < -0.4 is 10.2 Å². The number of hydrogen-bond acceptors (Lipinski definition) is 4. The molecule has 27 heavy (non-hydrogen) atoms. The standard InChI is InChI=1S/C22H23ClN4/c23-16-1-8-20-21(9-10-24-22(20)15-16)25-17-2-4-18(5-3-17)26-11-13-27(14-12-26)19-6-7-19/h1-5,8-10,15,19H,6-7,11-14H2,(H,24,25). The van der Waals surface area contributed by atoms with Crippen molar-refractivity contribution in [2.45, 2.75) is 18.9 Å². The number of rotatable bonds is 4. The van der Waals surface area contributed by atoms with E-state index in [9.17, 15) is 0 Å². The molecule has 0 unspecified atom stereocenters. The molecular weight excluding hydrogens is 356 g/mol. The molecule has 2 aromatic carbocycles. The van der Waals surface area contributed by atoms with E-state index in [1.54, 1.807) is 0 Å². The van der Waals surface area contributed by atoms with Crippen molar-refractivity contribution in [2.75, 3.05) is 36.4 Å². The van der Waals surface area contributed by atoms with Crippen LogP contribution in [-0.2, 0) is 0 Å². The lowest BCUT2D eigenvalue weighted by molar-refractivity contribution is 0.248. The smallest absolute Gasteiger partial charge is 0.0737 e. The van der Waals surface area contributed by atoms with E-state index in [0.29, 0.717) is 5.02 Å². The van der Waals surface area contributed by atoms with Crippen molar-refractivity contribution in [3.05, 3.63) is 59.8 Å². The van der Waals surface area contributed by atoms with E-state index in [1.165, 1.54) is 31.6 Å². The highest BCUT2D eigenvalue weighted by molar-refractivity contribution is 6.31. The number of fused-ring (bicyclic) bond motifs is 1. The minimum atomic E-state index is 0.707. The fourth-order valence-corrected chi connectivity index (χ4v) is 4.09. The largest absolute Gasteiger partial charge is 0.369 e. The number of piperazine rings is 1. The molecule has 1 aliphatic heterocycles. The van der Waals surface area contributed by atoms with Gasteiger partial charge in [-0.3, -0.25) is 9.88 Å². The van der Waals surface area contributed by atoms with Gasteiger partial charge in [0.1, 0.15) is 0 Å². The monoisotopic (exact) mass is 378 g/mol. The van der Waals surface area contributed by atoms with Gasteiger partial charge in [0.2, 0.25) is 0 Å². The lowest BCUT2D eigenvalue weighted by Crippen LogP contribution is -2.47. The average molecular weight is 379 g/mol. The molecule has 1 aromatic heterocycles. The van der Waals surface area contributed by atoms with E-state index in [-0.39, 0.29) is 0 Å². The summed E-state index contributed by atoms with van der Waals surface area (Å²) in [5.41, 5.74) is 4.33. The Hall–Kier alpha value is -2.30. The zero-order valence-corrected chi connectivity index (χ0v) is 16.0. The molecule has 5 rings (SSSR count). The third kappa shape index (κ3) is 3.60. The normalized spacial score (nSPS) is 18.0. The first-order valence-corrected chi connectivity index (χ1v) is 10.0. The molecule has 1 aliphatic carbocycles. The minimum Gasteiger partial charge on any atom is -0.369 e. The highest BCUT2D eigenvalue weighted by Crippen LogP contribution is 2.30. The molecule has 138 valence electrons. The topological polar surface area (TPSA) is 31.4 Å². The summed E-state index contributed by atoms with van der Waals surface area (Å²) in [7, 11) is 0. The van der Waals surface area contributed by atoms with Crippen LogP contribution in [0, 0.1) is 0 Å². The molecule has 1 N–H and O–H groups in total. The molecule has 1 saturated carbocycles. The molecule has 0 spiro atoms. The second kappa shape index (κ2) is 7.02. The SMILES string of the molecule is Clc1ccc2c(Nc3ccc(N4CCN(C5CC5)CC4)cc3)ccnc2c1. The maximum absolute atomic E-state index is 6.08. The summed E-state index contributed by atoms with van der Waals surface area (Å²) in [6.07, 6.45) is 4.61. The molecule has 0 bridgehead atoms. The quantitative estimate of drug-likeness (QED) is 0.698. The van der Waals surface area contributed by atoms with Gasteiger partial charge in [-0.2, -0.15) is 0 Å². The van der Waals surface area contributed by atoms with Gasteiger partial charge in [-0.05, 0) is 61.4 Å². The van der Waals surface area contributed by atoms with Crippen molar-refractivity contribution in [2.24, 2.45) is 0 Å². The van der Waals surface area contributed by atoms with Crippen LogP contribution in [0.5, 0.6) is 0 Å². The highest BCUT2D eigenvalue weighted by atomic mass is 35.5. The minimum absolute atomic E-state index is 0.707. The summed E-state index contributed by atoms with van der Waals surface area (Å²) in [6, 6.07) is 17.4. The van der Waals surface area contributed by atoms with Gasteiger partial charge >= 0.3 is 0 Å². The number of nitrogens with one attached hydrogen (secondary N) is 1. The molecule has 0 radical (unpaired) electrons. The number of pyridine rings is 1. The molecule has 2 heterocycles. The van der Waals surface area contributed by atoms with Gasteiger partial charge in [-0.25, -0.2) is 0 Å². The third-order valence-corrected chi connectivity index (χ3v) is 5.83. The molecule has 2 fully saturated rings. The number of anilines is 3. The van der Waals surface area contributed by atoms with Crippen molar-refractivity contribution < 1.29 is 0 Å². The predicted molar refractivity (Wildman–Crippen MR) is 113 cm³/mol. The van der Waals surface area contributed by atoms with Crippen molar-refractivity contribution in [3.63, 3.8) is 0 Å². The molecule has 5 heteroatoms. The lowest BCUT2D eigenvalue weighted by Gasteiger charge is -2.36. The molecule has 0 amide bonds. The fourth-order valence-electron chi connectivity index (χ4n) is 3.93. The van der Waals surface area contributed by atoms with E-state index in [2.05, 4.69) is 44.4 Å². The van der Waals surface area contributed by atoms with E-state index in [4.69, 9.17) is 11.6 Å². The maximum Gasteiger partial charge on any atom is 0.0737 e. The first-order valence-electron chi connectivity index (χ1n) is 9.67. The predicted octanol–water partition coefficient (Wildman–Crippen LogP) is 4.92. The Labute approximate surface area is 164 Å². The van der Waals surface area contributed by atoms with Crippen LogP contribution in [0.25, 0.3) is 10.9 Å². The van der Waals surface area contributed by atoms with Crippen molar-refractivity contribution in [1.82, 2.24) is 9.88 Å². The number of aromatic nitrogens is 1. The second-order valence-corrected chi connectivity index (χ2v) is 7.88. The molecule has 0 atom stereocenters. The van der Waals surface area contributed by atoms with Crippen LogP contribution in [-0.4, -0.2) is 42.1 Å². The summed E-state index contributed by atoms with van der Waals surface area (Å²) in [5, 5.41) is 5.30. The van der Waals surface area contributed by atoms with Crippen LogP contribution in [0.1, 0.15) is 12.8 Å². The zero-order valence-electron chi connectivity index (χ0n) is 15.2. The van der Waals surface area contributed by atoms with E-state index >= 15 is 0 Å². The number of benzene rings is 2. The average Bonchev–Trinajstić information content (AvgIpc) is 3.54. The van der Waals surface area contributed by atoms with Gasteiger partial charge in [-0.15, -0.1) is 0 Å². The van der Waals surface area contributed by atoms with Gasteiger partial charge in [0.05, 0.1) is 5.52 Å². The zero-order chi connectivity index (χ0) is 18.2. The van der Waals surface area contributed by atoms with E-state index < -0.39 is 0 Å². The Morgan fingerprint density at radius 1 is 0.926 bits per heavy atom. The molecular formula is C22H23ClN4. The molecule has 4 nitrogen and oxygen atoms in total. The Morgan fingerprint density at radius 2 is 1.70 bits per heavy atom. The Bertz CT molecular complexity index is 944. The summed E-state index contributed by atoms with van der Waals surface area (Å²) in [5.74, 6) is 0. The van der Waals surface area contributed by atoms with Crippen molar-refractivity contribution in [3.8, 4) is 0 Å². The third-order valence-electron chi connectivity index (χ3n) is 5.59. The van der Waals surface area contributed by atoms with Gasteiger partial charge in [0, 0.05) is 65.9 Å². The first kappa shape index (κ1) is 16.8. The van der Waals surface area contributed by atoms with Crippen LogP contribution in [0.3, 0.4) is 0 Å². The van der Waals surface area contributed by atoms with Crippen molar-refractivity contribution in [1.29, 1.82) is 0 Å². The maximum atomic E-state index is 6.08. The van der Waals surface area contributed by atoms with Gasteiger partial charge in [0.25, 0.3) is 0 Å². The summed E-state index contributed by atoms with van der Waals surface area (Å²) >= 11 is 6.08. The van der Waals surface area contributed by atoms with E-state index in [0.717, 1.165) is 41.4 Å². The van der Waals surface area contributed by atoms with Crippen LogP contribution in [0.2, 0.25) is 5.02 Å². The van der Waals surface area contributed by atoms with Crippen molar-refractivity contribution >= 4 is 39.6 Å². The molecule has 2 aliphatic rings. The second-order valence-electron chi connectivity index (χ2n) is 7.45. The van der Waals surface area contributed by atoms with E-state index in [1.807, 2.05) is 30.5 Å². The van der Waals surface area contributed by atoms with Crippen LogP contribution in [0.15, 0.2) is 54.7 Å². The number of halogens is 1. The fraction of sp³-hybridized carbons (Fsp3) is 0.318. The van der Waals surface area contributed by atoms with Gasteiger partial charge < -0.3 is 10.2 Å². The van der Waals surface area contributed by atoms with Gasteiger partial charge in [0.15, 0.2) is 0 Å². The number of nitrogens with zero attached hydrogens (tertiary/aromatic N) is 3. The Kier molecular flexibility index (Phi) is 4.38. The van der Waals surface area contributed by atoms with Crippen LogP contribution >= 0.6 is 11.6 Å². The first-order chi connectivity index (χ1) is 13.3. The van der Waals surface area contributed by atoms with Crippen LogP contribution in [0.4, 0.5) is 17.1 Å². The molecule has 3 aromatic rings. The van der Waals surface area contributed by atoms with Gasteiger partial charge in [-0.1, -0.05) is 11.6 Å². The summed E-state index contributed by atoms with van der Waals surface area (Å²) in [6.45, 7) is 4.63. The summed E-state index contributed by atoms with van der Waals surface area (Å²) in [4.78, 5) is 9.55. The molecule has 1 saturated heterocycles. The highest BCUT2D eigenvalue weighted by Gasteiger charge is 2.31. The number of hydrogen-bond donors (Lipinski definition) is 1.